The number of amides is 1. The first-order valence-electron chi connectivity index (χ1n) is 11.6. The second-order valence-electron chi connectivity index (χ2n) is 8.04. The van der Waals surface area contributed by atoms with E-state index in [1.807, 2.05) is 37.3 Å². The molecule has 0 unspecified atom stereocenters. The van der Waals surface area contributed by atoms with Gasteiger partial charge in [0, 0.05) is 17.1 Å². The van der Waals surface area contributed by atoms with E-state index in [-0.39, 0.29) is 12.4 Å². The number of rotatable bonds is 10. The molecule has 1 amide bonds. The Morgan fingerprint density at radius 3 is 2.42 bits per heavy atom. The van der Waals surface area contributed by atoms with Crippen LogP contribution >= 0.6 is 0 Å². The normalized spacial score (nSPS) is 11.0. The van der Waals surface area contributed by atoms with E-state index in [0.29, 0.717) is 29.6 Å². The first kappa shape index (κ1) is 24.7. The van der Waals surface area contributed by atoms with Gasteiger partial charge in [0.05, 0.1) is 19.9 Å². The molecule has 0 aliphatic rings. The summed E-state index contributed by atoms with van der Waals surface area (Å²) in [6, 6.07) is 20.7. The van der Waals surface area contributed by atoms with Gasteiger partial charge in [0.2, 0.25) is 0 Å². The molecule has 0 radical (unpaired) electrons. The lowest BCUT2D eigenvalue weighted by atomic mass is 10.2. The van der Waals surface area contributed by atoms with Crippen molar-refractivity contribution in [2.75, 3.05) is 13.7 Å². The molecule has 0 atom stereocenters. The highest BCUT2D eigenvalue weighted by Crippen LogP contribution is 2.27. The van der Waals surface area contributed by atoms with Gasteiger partial charge in [-0.05, 0) is 93.1 Å². The summed E-state index contributed by atoms with van der Waals surface area (Å²) in [7, 11) is 1.57. The van der Waals surface area contributed by atoms with Crippen LogP contribution in [0, 0.1) is 13.8 Å². The number of hydrazone groups is 1. The van der Waals surface area contributed by atoms with Gasteiger partial charge in [-0.15, -0.1) is 0 Å². The van der Waals surface area contributed by atoms with Crippen LogP contribution in [0.15, 0.2) is 76.2 Å². The summed E-state index contributed by atoms with van der Waals surface area (Å²) in [4.78, 5) is 12.4. The number of hydrogen-bond acceptors (Lipinski definition) is 6. The van der Waals surface area contributed by atoms with Crippen LogP contribution in [-0.4, -0.2) is 30.4 Å². The first-order valence-corrected chi connectivity index (χ1v) is 11.6. The summed E-state index contributed by atoms with van der Waals surface area (Å²) in [5.41, 5.74) is 6.63. The average Bonchev–Trinajstić information content (AvgIpc) is 3.50. The van der Waals surface area contributed by atoms with E-state index < -0.39 is 5.91 Å². The quantitative estimate of drug-likeness (QED) is 0.238. The van der Waals surface area contributed by atoms with E-state index in [1.54, 1.807) is 31.4 Å². The molecule has 0 saturated heterocycles. The molecule has 0 aliphatic heterocycles. The number of ether oxygens (including phenoxy) is 3. The van der Waals surface area contributed by atoms with Gasteiger partial charge in [-0.25, -0.2) is 5.43 Å². The maximum atomic E-state index is 12.4. The average molecular weight is 488 g/mol. The van der Waals surface area contributed by atoms with Crippen LogP contribution in [0.2, 0.25) is 0 Å². The monoisotopic (exact) mass is 487 g/mol. The summed E-state index contributed by atoms with van der Waals surface area (Å²) in [6.45, 7) is 6.79. The Balaban J connectivity index is 1.30. The van der Waals surface area contributed by atoms with Crippen LogP contribution in [0.5, 0.6) is 17.2 Å². The van der Waals surface area contributed by atoms with Crippen molar-refractivity contribution >= 4 is 12.1 Å². The first-order chi connectivity index (χ1) is 17.5. The zero-order valence-electron chi connectivity index (χ0n) is 20.8. The van der Waals surface area contributed by atoms with Crippen LogP contribution in [0.3, 0.4) is 0 Å². The number of aromatic nitrogens is 1. The van der Waals surface area contributed by atoms with Crippen LogP contribution in [0.25, 0.3) is 5.69 Å². The lowest BCUT2D eigenvalue weighted by Gasteiger charge is -2.10. The maximum Gasteiger partial charge on any atom is 0.307 e. The molecular weight excluding hydrogens is 458 g/mol. The third-order valence-corrected chi connectivity index (χ3v) is 5.50. The Morgan fingerprint density at radius 1 is 0.972 bits per heavy atom. The predicted octanol–water partition coefficient (Wildman–Crippen LogP) is 5.44. The number of aryl methyl sites for hydroxylation is 2. The van der Waals surface area contributed by atoms with Crippen LogP contribution < -0.4 is 19.6 Å². The van der Waals surface area contributed by atoms with E-state index in [1.165, 1.54) is 17.6 Å². The number of nitrogens with zero attached hydrogens (tertiary/aromatic N) is 2. The molecule has 2 heterocycles. The minimum Gasteiger partial charge on any atom is -0.493 e. The van der Waals surface area contributed by atoms with Gasteiger partial charge in [0.25, 0.3) is 0 Å². The summed E-state index contributed by atoms with van der Waals surface area (Å²) in [5.74, 6) is 2.16. The molecule has 2 aromatic carbocycles. The van der Waals surface area contributed by atoms with Crippen molar-refractivity contribution in [1.82, 2.24) is 9.99 Å². The fourth-order valence-electron chi connectivity index (χ4n) is 3.76. The highest BCUT2D eigenvalue weighted by atomic mass is 16.5. The van der Waals surface area contributed by atoms with Gasteiger partial charge in [-0.1, -0.05) is 0 Å². The Kier molecular flexibility index (Phi) is 7.75. The van der Waals surface area contributed by atoms with Crippen LogP contribution in [0.1, 0.15) is 40.2 Å². The van der Waals surface area contributed by atoms with E-state index >= 15 is 0 Å². The predicted molar refractivity (Wildman–Crippen MR) is 138 cm³/mol. The minimum absolute atomic E-state index is 0.143. The number of carbonyl (C=O) groups is 1. The van der Waals surface area contributed by atoms with E-state index in [2.05, 4.69) is 41.1 Å². The molecule has 2 aromatic heterocycles. The lowest BCUT2D eigenvalue weighted by molar-refractivity contribution is 0.0923. The zero-order chi connectivity index (χ0) is 25.5. The third-order valence-electron chi connectivity index (χ3n) is 5.50. The molecule has 0 saturated carbocycles. The Bertz CT molecular complexity index is 1330. The van der Waals surface area contributed by atoms with Gasteiger partial charge in [0.15, 0.2) is 17.3 Å². The van der Waals surface area contributed by atoms with Crippen molar-refractivity contribution in [3.05, 3.63) is 95.2 Å². The molecule has 0 spiro atoms. The maximum absolute atomic E-state index is 12.4. The fraction of sp³-hybridized carbons (Fsp3) is 0.214. The van der Waals surface area contributed by atoms with E-state index in [0.717, 1.165) is 11.3 Å². The van der Waals surface area contributed by atoms with Crippen LogP contribution in [0.4, 0.5) is 0 Å². The topological polar surface area (TPSA) is 87.2 Å². The number of furan rings is 1. The summed E-state index contributed by atoms with van der Waals surface area (Å²) in [5, 5.41) is 4.00. The summed E-state index contributed by atoms with van der Waals surface area (Å²) < 4.78 is 24.4. The Labute approximate surface area is 210 Å². The molecule has 0 bridgehead atoms. The molecule has 8 heteroatoms. The van der Waals surface area contributed by atoms with Crippen molar-refractivity contribution in [3.8, 4) is 22.9 Å². The molecule has 186 valence electrons. The van der Waals surface area contributed by atoms with Crippen molar-refractivity contribution in [2.24, 2.45) is 5.10 Å². The second kappa shape index (κ2) is 11.3. The highest BCUT2D eigenvalue weighted by Gasteiger charge is 2.11. The highest BCUT2D eigenvalue weighted by molar-refractivity contribution is 5.92. The van der Waals surface area contributed by atoms with E-state index in [4.69, 9.17) is 18.6 Å². The standard InChI is InChI=1S/C28H29N3O5/c1-5-34-25-14-8-21(16-27(25)33-4)17-29-30-28(32)26-15-13-24(36-26)18-35-23-11-9-22(10-12-23)31-19(2)6-7-20(31)3/h6-17H,5,18H2,1-4H3,(H,30,32). The Morgan fingerprint density at radius 2 is 1.72 bits per heavy atom. The molecule has 0 aliphatic carbocycles. The number of carbonyl (C=O) groups excluding carboxylic acids is 1. The fourth-order valence-corrected chi connectivity index (χ4v) is 3.76. The van der Waals surface area contributed by atoms with Gasteiger partial charge in [-0.3, -0.25) is 4.79 Å². The van der Waals surface area contributed by atoms with Crippen molar-refractivity contribution in [1.29, 1.82) is 0 Å². The lowest BCUT2D eigenvalue weighted by Crippen LogP contribution is -2.16. The SMILES string of the molecule is CCOc1ccc(C=NNC(=O)c2ccc(COc3ccc(-n4c(C)ccc4C)cc3)o2)cc1OC. The smallest absolute Gasteiger partial charge is 0.307 e. The zero-order valence-corrected chi connectivity index (χ0v) is 20.8. The number of methoxy groups -OCH3 is 1. The molecule has 36 heavy (non-hydrogen) atoms. The minimum atomic E-state index is -0.461. The van der Waals surface area contributed by atoms with Crippen LogP contribution in [-0.2, 0) is 6.61 Å². The summed E-state index contributed by atoms with van der Waals surface area (Å²) >= 11 is 0. The second-order valence-corrected chi connectivity index (χ2v) is 8.04. The number of hydrogen-bond donors (Lipinski definition) is 1. The number of nitrogens with one attached hydrogen (secondary N) is 1. The van der Waals surface area contributed by atoms with E-state index in [9.17, 15) is 4.79 Å². The van der Waals surface area contributed by atoms with Gasteiger partial charge >= 0.3 is 5.91 Å². The van der Waals surface area contributed by atoms with Crippen molar-refractivity contribution in [3.63, 3.8) is 0 Å². The largest absolute Gasteiger partial charge is 0.493 e. The summed E-state index contributed by atoms with van der Waals surface area (Å²) in [6.07, 6.45) is 1.52. The van der Waals surface area contributed by atoms with Gasteiger partial charge < -0.3 is 23.2 Å². The van der Waals surface area contributed by atoms with Crippen molar-refractivity contribution < 1.29 is 23.4 Å². The Hall–Kier alpha value is -4.46. The molecule has 8 nitrogen and oxygen atoms in total. The van der Waals surface area contributed by atoms with Crippen molar-refractivity contribution in [2.45, 2.75) is 27.4 Å². The molecular formula is C28H29N3O5. The molecule has 1 N–H and O–H groups in total. The molecule has 0 fully saturated rings. The number of benzene rings is 2. The molecule has 4 rings (SSSR count). The molecule has 4 aromatic rings. The van der Waals surface area contributed by atoms with Gasteiger partial charge in [-0.2, -0.15) is 5.10 Å². The van der Waals surface area contributed by atoms with Gasteiger partial charge in [0.1, 0.15) is 18.1 Å². The third kappa shape index (κ3) is 5.78.